The van der Waals surface area contributed by atoms with Gasteiger partial charge in [0.2, 0.25) is 0 Å². The lowest BCUT2D eigenvalue weighted by Gasteiger charge is -2.44. The normalized spacial score (nSPS) is 17.3. The van der Waals surface area contributed by atoms with Crippen molar-refractivity contribution in [1.82, 2.24) is 0 Å². The molecular weight excluding hydrogens is 577 g/mol. The molecule has 40 heavy (non-hydrogen) atoms. The van der Waals surface area contributed by atoms with Crippen LogP contribution >= 0.6 is 0 Å². The predicted molar refractivity (Wildman–Crippen MR) is 180 cm³/mol. The molecule has 0 heterocycles. The molecule has 0 aliphatic heterocycles. The standard InChI is InChI=1S/C31H42O4Si5/c1-36(28-20-12-8-13-21-28)32-38(5,29-22-14-9-15-23-29)34-40(7,31-26-18-11-19-27-31)35-39(6,33-37(2,3)4)30-24-16-10-17-25-30/h8-27,36H,1-7H3. The lowest BCUT2D eigenvalue weighted by Crippen LogP contribution is -2.70. The summed E-state index contributed by atoms with van der Waals surface area (Å²) in [5, 5.41) is 4.57. The van der Waals surface area contributed by atoms with Gasteiger partial charge in [0.15, 0.2) is 17.4 Å². The van der Waals surface area contributed by atoms with E-state index in [-0.39, 0.29) is 0 Å². The van der Waals surface area contributed by atoms with Crippen LogP contribution in [0.1, 0.15) is 0 Å². The molecule has 4 aromatic rings. The van der Waals surface area contributed by atoms with E-state index in [1.165, 1.54) is 5.19 Å². The van der Waals surface area contributed by atoms with Crippen molar-refractivity contribution in [3.63, 3.8) is 0 Å². The number of hydrogen-bond acceptors (Lipinski definition) is 4. The second-order valence-corrected chi connectivity index (χ2v) is 28.5. The van der Waals surface area contributed by atoms with Crippen LogP contribution in [0, 0.1) is 0 Å². The van der Waals surface area contributed by atoms with Crippen molar-refractivity contribution < 1.29 is 16.5 Å². The zero-order valence-corrected chi connectivity index (χ0v) is 29.9. The highest BCUT2D eigenvalue weighted by molar-refractivity contribution is 7.00. The van der Waals surface area contributed by atoms with Crippen LogP contribution < -0.4 is 20.7 Å². The quantitative estimate of drug-likeness (QED) is 0.208. The summed E-state index contributed by atoms with van der Waals surface area (Å²) in [6.07, 6.45) is 0. The third-order valence-corrected chi connectivity index (χ3v) is 25.8. The van der Waals surface area contributed by atoms with E-state index in [1.54, 1.807) is 0 Å². The van der Waals surface area contributed by atoms with E-state index in [1.807, 2.05) is 18.2 Å². The van der Waals surface area contributed by atoms with Crippen LogP contribution in [0.3, 0.4) is 0 Å². The maximum atomic E-state index is 7.46. The zero-order chi connectivity index (χ0) is 28.9. The van der Waals surface area contributed by atoms with Crippen molar-refractivity contribution in [2.45, 2.75) is 45.8 Å². The summed E-state index contributed by atoms with van der Waals surface area (Å²) in [6, 6.07) is 41.9. The Balaban J connectivity index is 1.82. The molecule has 0 aliphatic rings. The van der Waals surface area contributed by atoms with Crippen molar-refractivity contribution in [3.05, 3.63) is 121 Å². The van der Waals surface area contributed by atoms with E-state index < -0.39 is 43.0 Å². The van der Waals surface area contributed by atoms with Crippen molar-refractivity contribution in [2.75, 3.05) is 0 Å². The Morgan fingerprint density at radius 1 is 0.425 bits per heavy atom. The molecule has 0 radical (unpaired) electrons. The summed E-state index contributed by atoms with van der Waals surface area (Å²) in [7, 11) is -12.8. The fraction of sp³-hybridized carbons (Fsp3) is 0.226. The fourth-order valence-corrected chi connectivity index (χ4v) is 26.7. The SMILES string of the molecule is C[SiH](O[Si](C)(O[Si](C)(O[Si](C)(O[Si](C)(C)C)c1ccccc1)c1ccccc1)c1ccccc1)c1ccccc1. The number of benzene rings is 4. The van der Waals surface area contributed by atoms with Crippen LogP contribution in [0.4, 0.5) is 0 Å². The van der Waals surface area contributed by atoms with Crippen LogP contribution in [-0.2, 0) is 16.5 Å². The Hall–Kier alpha value is -2.20. The lowest BCUT2D eigenvalue weighted by molar-refractivity contribution is 0.316. The summed E-state index contributed by atoms with van der Waals surface area (Å²) in [5.74, 6) is 0. The Morgan fingerprint density at radius 2 is 0.750 bits per heavy atom. The van der Waals surface area contributed by atoms with E-state index in [9.17, 15) is 0 Å². The van der Waals surface area contributed by atoms with Crippen LogP contribution in [0.5, 0.6) is 0 Å². The largest absolute Gasteiger partial charge is 0.433 e. The molecule has 0 saturated heterocycles. The van der Waals surface area contributed by atoms with E-state index >= 15 is 0 Å². The molecule has 4 unspecified atom stereocenters. The lowest BCUT2D eigenvalue weighted by atomic mass is 10.4. The van der Waals surface area contributed by atoms with Gasteiger partial charge in [-0.2, -0.15) is 0 Å². The Labute approximate surface area is 246 Å². The maximum absolute atomic E-state index is 7.46. The average molecular weight is 619 g/mol. The smallest absolute Gasteiger partial charge is 0.352 e. The Bertz CT molecular complexity index is 1340. The van der Waals surface area contributed by atoms with Crippen molar-refractivity contribution >= 4 is 63.8 Å². The van der Waals surface area contributed by atoms with Gasteiger partial charge in [-0.1, -0.05) is 121 Å². The summed E-state index contributed by atoms with van der Waals surface area (Å²) < 4.78 is 29.0. The molecule has 0 spiro atoms. The third kappa shape index (κ3) is 7.75. The van der Waals surface area contributed by atoms with Crippen LogP contribution in [0.15, 0.2) is 121 Å². The van der Waals surface area contributed by atoms with E-state index in [2.05, 4.69) is 149 Å². The van der Waals surface area contributed by atoms with Gasteiger partial charge < -0.3 is 16.5 Å². The molecule has 4 atom stereocenters. The highest BCUT2D eigenvalue weighted by Gasteiger charge is 2.52. The highest BCUT2D eigenvalue weighted by Crippen LogP contribution is 2.25. The Morgan fingerprint density at radius 3 is 1.15 bits per heavy atom. The summed E-state index contributed by atoms with van der Waals surface area (Å²) >= 11 is 0. The summed E-state index contributed by atoms with van der Waals surface area (Å²) in [6.45, 7) is 15.5. The number of hydrogen-bond donors (Lipinski definition) is 0. The number of rotatable bonds is 12. The van der Waals surface area contributed by atoms with Crippen LogP contribution in [-0.4, -0.2) is 43.0 Å². The van der Waals surface area contributed by atoms with Gasteiger partial charge in [-0.05, 0) is 66.6 Å². The average Bonchev–Trinajstić information content (AvgIpc) is 2.94. The third-order valence-electron chi connectivity index (χ3n) is 6.85. The van der Waals surface area contributed by atoms with Crippen molar-refractivity contribution in [2.24, 2.45) is 0 Å². The summed E-state index contributed by atoms with van der Waals surface area (Å²) in [5.41, 5.74) is 0. The van der Waals surface area contributed by atoms with E-state index in [0.29, 0.717) is 0 Å². The van der Waals surface area contributed by atoms with Crippen LogP contribution in [0.2, 0.25) is 45.8 Å². The Kier molecular flexibility index (Phi) is 9.81. The van der Waals surface area contributed by atoms with Crippen molar-refractivity contribution in [1.29, 1.82) is 0 Å². The molecule has 4 nitrogen and oxygen atoms in total. The first-order valence-electron chi connectivity index (χ1n) is 13.9. The molecule has 0 bridgehead atoms. The molecule has 0 saturated carbocycles. The molecule has 4 aromatic carbocycles. The van der Waals surface area contributed by atoms with Crippen molar-refractivity contribution in [3.8, 4) is 0 Å². The molecule has 0 fully saturated rings. The van der Waals surface area contributed by atoms with E-state index in [4.69, 9.17) is 16.5 Å². The molecular formula is C31H42O4Si5. The molecule has 0 N–H and O–H groups in total. The molecule has 4 rings (SSSR count). The predicted octanol–water partition coefficient (Wildman–Crippen LogP) is 5.09. The van der Waals surface area contributed by atoms with Gasteiger partial charge in [-0.3, -0.25) is 0 Å². The van der Waals surface area contributed by atoms with Gasteiger partial charge in [0.25, 0.3) is 0 Å². The minimum absolute atomic E-state index is 1.08. The maximum Gasteiger partial charge on any atom is 0.352 e. The first kappa shape index (κ1) is 30.8. The molecule has 0 aromatic heterocycles. The first-order chi connectivity index (χ1) is 18.9. The fourth-order valence-electron chi connectivity index (χ4n) is 5.11. The first-order valence-corrected chi connectivity index (χ1v) is 26.5. The van der Waals surface area contributed by atoms with Gasteiger partial charge in [0.1, 0.15) is 0 Å². The highest BCUT2D eigenvalue weighted by atomic mass is 28.5. The van der Waals surface area contributed by atoms with Gasteiger partial charge in [-0.15, -0.1) is 0 Å². The second-order valence-electron chi connectivity index (χ2n) is 11.5. The van der Waals surface area contributed by atoms with Gasteiger partial charge in [0.05, 0.1) is 0 Å². The molecule has 9 heteroatoms. The summed E-state index contributed by atoms with van der Waals surface area (Å²) in [4.78, 5) is 0. The molecule has 0 amide bonds. The molecule has 210 valence electrons. The topological polar surface area (TPSA) is 36.9 Å². The van der Waals surface area contributed by atoms with E-state index in [0.717, 1.165) is 15.6 Å². The minimum Gasteiger partial charge on any atom is -0.433 e. The second kappa shape index (κ2) is 12.8. The van der Waals surface area contributed by atoms with Gasteiger partial charge >= 0.3 is 25.7 Å². The van der Waals surface area contributed by atoms with Gasteiger partial charge in [0, 0.05) is 0 Å². The zero-order valence-electron chi connectivity index (χ0n) is 24.8. The minimum atomic E-state index is -3.11. The van der Waals surface area contributed by atoms with Gasteiger partial charge in [-0.25, -0.2) is 0 Å². The monoisotopic (exact) mass is 618 g/mol. The van der Waals surface area contributed by atoms with Crippen LogP contribution in [0.25, 0.3) is 0 Å². The molecule has 0 aliphatic carbocycles.